The molecule has 0 fully saturated rings. The summed E-state index contributed by atoms with van der Waals surface area (Å²) in [7, 11) is 0. The van der Waals surface area contributed by atoms with Gasteiger partial charge in [-0.1, -0.05) is 65.1 Å². The predicted molar refractivity (Wildman–Crippen MR) is 130 cm³/mol. The van der Waals surface area contributed by atoms with E-state index in [9.17, 15) is 14.4 Å². The van der Waals surface area contributed by atoms with E-state index < -0.39 is 11.8 Å². The molecule has 3 aromatic carbocycles. The second-order valence-electron chi connectivity index (χ2n) is 7.10. The topological polar surface area (TPSA) is 78.5 Å². The van der Waals surface area contributed by atoms with Crippen molar-refractivity contribution in [1.29, 1.82) is 0 Å². The number of nitrogens with zero attached hydrogens (tertiary/aromatic N) is 1. The molecule has 0 atom stereocenters. The Morgan fingerprint density at radius 2 is 1.55 bits per heavy atom. The van der Waals surface area contributed by atoms with Gasteiger partial charge >= 0.3 is 0 Å². The van der Waals surface area contributed by atoms with Crippen molar-refractivity contribution in [3.8, 4) is 0 Å². The zero-order valence-electron chi connectivity index (χ0n) is 16.9. The highest BCUT2D eigenvalue weighted by Crippen LogP contribution is 2.35. The van der Waals surface area contributed by atoms with Crippen molar-refractivity contribution in [2.75, 3.05) is 10.2 Å². The molecule has 0 saturated heterocycles. The molecule has 0 spiro atoms. The van der Waals surface area contributed by atoms with Gasteiger partial charge in [-0.2, -0.15) is 0 Å². The van der Waals surface area contributed by atoms with Crippen LogP contribution < -0.4 is 15.5 Å². The van der Waals surface area contributed by atoms with Crippen molar-refractivity contribution in [1.82, 2.24) is 5.32 Å². The Morgan fingerprint density at radius 1 is 0.848 bits per heavy atom. The van der Waals surface area contributed by atoms with Crippen LogP contribution in [0, 0.1) is 0 Å². The van der Waals surface area contributed by atoms with Crippen molar-refractivity contribution >= 4 is 63.9 Å². The van der Waals surface area contributed by atoms with Crippen molar-refractivity contribution in [3.05, 3.63) is 105 Å². The van der Waals surface area contributed by atoms with Crippen molar-refractivity contribution in [3.63, 3.8) is 0 Å². The van der Waals surface area contributed by atoms with E-state index >= 15 is 0 Å². The summed E-state index contributed by atoms with van der Waals surface area (Å²) in [5, 5.41) is 5.91. The molecule has 33 heavy (non-hydrogen) atoms. The minimum atomic E-state index is -0.717. The van der Waals surface area contributed by atoms with E-state index in [-0.39, 0.29) is 27.3 Å². The summed E-state index contributed by atoms with van der Waals surface area (Å²) < 4.78 is 0. The van der Waals surface area contributed by atoms with Gasteiger partial charge in [0.15, 0.2) is 0 Å². The molecule has 1 aliphatic rings. The number of hydrogen-bond acceptors (Lipinski definition) is 4. The Kier molecular flexibility index (Phi) is 6.70. The zero-order chi connectivity index (χ0) is 23.5. The second-order valence-corrected chi connectivity index (χ2v) is 8.32. The fraction of sp³-hybridized carbons (Fsp3) is 0.0417. The predicted octanol–water partition coefficient (Wildman–Crippen LogP) is 5.36. The smallest absolute Gasteiger partial charge is 0.283 e. The number of hydrogen-bond donors (Lipinski definition) is 2. The fourth-order valence-corrected chi connectivity index (χ4v) is 3.80. The summed E-state index contributed by atoms with van der Waals surface area (Å²) in [6.45, 7) is 0.403. The lowest BCUT2D eigenvalue weighted by Gasteiger charge is -2.17. The van der Waals surface area contributed by atoms with Gasteiger partial charge in [0.25, 0.3) is 17.7 Å². The maximum atomic E-state index is 12.9. The Hall–Kier alpha value is -3.32. The van der Waals surface area contributed by atoms with E-state index in [1.165, 1.54) is 12.1 Å². The first-order valence-electron chi connectivity index (χ1n) is 9.78. The molecule has 166 valence electrons. The molecule has 0 saturated carbocycles. The van der Waals surface area contributed by atoms with Crippen LogP contribution in [-0.2, 0) is 16.1 Å². The van der Waals surface area contributed by atoms with Crippen LogP contribution in [0.5, 0.6) is 0 Å². The second kappa shape index (κ2) is 9.67. The van der Waals surface area contributed by atoms with Crippen LogP contribution in [0.25, 0.3) is 0 Å². The number of imide groups is 1. The van der Waals surface area contributed by atoms with Gasteiger partial charge in [0.1, 0.15) is 10.7 Å². The number of nitrogens with one attached hydrogen (secondary N) is 2. The molecule has 1 heterocycles. The SMILES string of the molecule is O=C(NCc1ccccc1)c1ccc(NC2=C(Cl)C(=O)N(c3cc(Cl)ccc3Cl)C2=O)cc1. The van der Waals surface area contributed by atoms with Crippen molar-refractivity contribution < 1.29 is 14.4 Å². The standard InChI is InChI=1S/C24H16Cl3N3O3/c25-16-8-11-18(26)19(12-16)30-23(32)20(27)21(24(30)33)29-17-9-6-15(7-10-17)22(31)28-13-14-4-2-1-3-5-14/h1-12,29H,13H2,(H,28,31). The molecule has 0 radical (unpaired) electrons. The highest BCUT2D eigenvalue weighted by molar-refractivity contribution is 6.54. The van der Waals surface area contributed by atoms with E-state index in [1.54, 1.807) is 30.3 Å². The molecule has 3 aromatic rings. The van der Waals surface area contributed by atoms with Crippen LogP contribution in [0.4, 0.5) is 11.4 Å². The first-order chi connectivity index (χ1) is 15.8. The van der Waals surface area contributed by atoms with Gasteiger partial charge in [0.2, 0.25) is 0 Å². The van der Waals surface area contributed by atoms with Gasteiger partial charge in [-0.3, -0.25) is 14.4 Å². The van der Waals surface area contributed by atoms with Gasteiger partial charge < -0.3 is 10.6 Å². The number of rotatable bonds is 6. The summed E-state index contributed by atoms with van der Waals surface area (Å²) in [6.07, 6.45) is 0. The van der Waals surface area contributed by atoms with Gasteiger partial charge in [0, 0.05) is 22.8 Å². The molecule has 0 bridgehead atoms. The zero-order valence-corrected chi connectivity index (χ0v) is 19.2. The molecule has 6 nitrogen and oxygen atoms in total. The van der Waals surface area contributed by atoms with Gasteiger partial charge in [0.05, 0.1) is 10.7 Å². The Labute approximate surface area is 204 Å². The van der Waals surface area contributed by atoms with E-state index in [0.717, 1.165) is 10.5 Å². The number of halogens is 3. The average molecular weight is 501 g/mol. The Bertz CT molecular complexity index is 1280. The molecule has 0 aromatic heterocycles. The Balaban J connectivity index is 1.46. The number of carbonyl (C=O) groups is 3. The van der Waals surface area contributed by atoms with E-state index in [2.05, 4.69) is 10.6 Å². The first-order valence-corrected chi connectivity index (χ1v) is 10.9. The Morgan fingerprint density at radius 3 is 2.24 bits per heavy atom. The number of anilines is 2. The molecule has 9 heteroatoms. The lowest BCUT2D eigenvalue weighted by atomic mass is 10.1. The summed E-state index contributed by atoms with van der Waals surface area (Å²) >= 11 is 18.3. The monoisotopic (exact) mass is 499 g/mol. The van der Waals surface area contributed by atoms with Crippen LogP contribution in [-0.4, -0.2) is 17.7 Å². The van der Waals surface area contributed by atoms with Crippen LogP contribution in [0.2, 0.25) is 10.0 Å². The van der Waals surface area contributed by atoms with Crippen LogP contribution >= 0.6 is 34.8 Å². The molecule has 4 rings (SSSR count). The average Bonchev–Trinajstić information content (AvgIpc) is 3.03. The summed E-state index contributed by atoms with van der Waals surface area (Å²) in [4.78, 5) is 38.8. The number of benzene rings is 3. The highest BCUT2D eigenvalue weighted by Gasteiger charge is 2.40. The highest BCUT2D eigenvalue weighted by atomic mass is 35.5. The molecule has 2 N–H and O–H groups in total. The minimum Gasteiger partial charge on any atom is -0.350 e. The molecule has 3 amide bonds. The van der Waals surface area contributed by atoms with Crippen LogP contribution in [0.15, 0.2) is 83.5 Å². The summed E-state index contributed by atoms with van der Waals surface area (Å²) in [5.74, 6) is -1.62. The molecule has 0 aliphatic carbocycles. The molecular formula is C24H16Cl3N3O3. The third-order valence-corrected chi connectivity index (χ3v) is 5.79. The number of amides is 3. The van der Waals surface area contributed by atoms with Crippen molar-refractivity contribution in [2.45, 2.75) is 6.54 Å². The third-order valence-electron chi connectivity index (χ3n) is 4.89. The van der Waals surface area contributed by atoms with E-state index in [1.807, 2.05) is 30.3 Å². The first kappa shape index (κ1) is 22.9. The van der Waals surface area contributed by atoms with Crippen LogP contribution in [0.3, 0.4) is 0 Å². The molecule has 0 unspecified atom stereocenters. The lowest BCUT2D eigenvalue weighted by Crippen LogP contribution is -2.32. The summed E-state index contributed by atoms with van der Waals surface area (Å²) in [6, 6.07) is 20.4. The molecular weight excluding hydrogens is 485 g/mol. The van der Waals surface area contributed by atoms with Crippen LogP contribution in [0.1, 0.15) is 15.9 Å². The number of carbonyl (C=O) groups excluding carboxylic acids is 3. The minimum absolute atomic E-state index is 0.0982. The largest absolute Gasteiger partial charge is 0.350 e. The van der Waals surface area contributed by atoms with Gasteiger partial charge in [-0.25, -0.2) is 4.90 Å². The maximum Gasteiger partial charge on any atom is 0.283 e. The molecule has 1 aliphatic heterocycles. The van der Waals surface area contributed by atoms with Gasteiger partial charge in [-0.15, -0.1) is 0 Å². The van der Waals surface area contributed by atoms with Crippen molar-refractivity contribution in [2.24, 2.45) is 0 Å². The quantitative estimate of drug-likeness (QED) is 0.447. The van der Waals surface area contributed by atoms with Gasteiger partial charge in [-0.05, 0) is 48.0 Å². The lowest BCUT2D eigenvalue weighted by molar-refractivity contribution is -0.120. The van der Waals surface area contributed by atoms with E-state index in [4.69, 9.17) is 34.8 Å². The normalized spacial score (nSPS) is 13.5. The summed E-state index contributed by atoms with van der Waals surface area (Å²) in [5.41, 5.74) is 1.94. The maximum absolute atomic E-state index is 12.9. The third kappa shape index (κ3) is 4.88. The fourth-order valence-electron chi connectivity index (χ4n) is 3.22. The van der Waals surface area contributed by atoms with E-state index in [0.29, 0.717) is 22.8 Å².